The predicted molar refractivity (Wildman–Crippen MR) is 110 cm³/mol. The smallest absolute Gasteiger partial charge is 0.230 e. The Morgan fingerprint density at radius 1 is 1.30 bits per heavy atom. The molecule has 1 aromatic carbocycles. The number of thiophene rings is 1. The van der Waals surface area contributed by atoms with Crippen molar-refractivity contribution in [2.75, 3.05) is 12.4 Å². The Morgan fingerprint density at radius 2 is 2.11 bits per heavy atom. The van der Waals surface area contributed by atoms with Gasteiger partial charge in [-0.2, -0.15) is 0 Å². The number of nitrogens with one attached hydrogen (secondary N) is 1. The lowest BCUT2D eigenvalue weighted by Crippen LogP contribution is -2.33. The number of para-hydroxylation sites is 1. The molecule has 3 heterocycles. The molecule has 1 atom stereocenters. The summed E-state index contributed by atoms with van der Waals surface area (Å²) in [6, 6.07) is 7.89. The molecule has 140 valence electrons. The first-order valence-corrected chi connectivity index (χ1v) is 10.7. The van der Waals surface area contributed by atoms with E-state index in [1.54, 1.807) is 11.3 Å². The Balaban J connectivity index is 1.49. The Labute approximate surface area is 166 Å². The van der Waals surface area contributed by atoms with Gasteiger partial charge < -0.3 is 10.1 Å². The normalized spacial score (nSPS) is 16.0. The van der Waals surface area contributed by atoms with Crippen molar-refractivity contribution in [2.24, 2.45) is 0 Å². The number of amides is 1. The van der Waals surface area contributed by atoms with Crippen LogP contribution in [0.5, 0.6) is 5.75 Å². The monoisotopic (exact) mass is 399 g/mol. The average molecular weight is 400 g/mol. The second kappa shape index (κ2) is 7.48. The number of nitrogens with zero attached hydrogens (tertiary/aromatic N) is 2. The van der Waals surface area contributed by atoms with E-state index in [4.69, 9.17) is 4.74 Å². The number of thioether (sulfide) groups is 1. The summed E-state index contributed by atoms with van der Waals surface area (Å²) in [5.74, 6) is 1.94. The van der Waals surface area contributed by atoms with Crippen molar-refractivity contribution < 1.29 is 9.53 Å². The molecule has 0 unspecified atom stereocenters. The molecule has 0 spiro atoms. The van der Waals surface area contributed by atoms with Gasteiger partial charge in [0.25, 0.3) is 0 Å². The van der Waals surface area contributed by atoms with Crippen molar-refractivity contribution in [3.63, 3.8) is 0 Å². The molecule has 4 rings (SSSR count). The van der Waals surface area contributed by atoms with Crippen LogP contribution in [0.25, 0.3) is 10.2 Å². The zero-order valence-corrected chi connectivity index (χ0v) is 17.2. The number of benzene rings is 1. The Hall–Kier alpha value is -2.12. The standard InChI is InChI=1S/C20H21N3O2S2/c1-11-12(2)27-20-18(11)19(21-13(3)22-20)26-10-17(24)23-15-8-9-25-16-7-5-4-6-14(15)16/h4-7,15H,8-10H2,1-3H3,(H,23,24)/t15-/m0/s1. The summed E-state index contributed by atoms with van der Waals surface area (Å²) in [5, 5.41) is 5.12. The number of ether oxygens (including phenoxy) is 1. The highest BCUT2D eigenvalue weighted by atomic mass is 32.2. The van der Waals surface area contributed by atoms with Crippen LogP contribution in [0.3, 0.4) is 0 Å². The van der Waals surface area contributed by atoms with Crippen molar-refractivity contribution in [2.45, 2.75) is 38.3 Å². The van der Waals surface area contributed by atoms with E-state index < -0.39 is 0 Å². The van der Waals surface area contributed by atoms with Crippen LogP contribution in [0, 0.1) is 20.8 Å². The number of fused-ring (bicyclic) bond motifs is 2. The van der Waals surface area contributed by atoms with Crippen LogP contribution in [0.15, 0.2) is 29.3 Å². The fraction of sp³-hybridized carbons (Fsp3) is 0.350. The molecule has 1 amide bonds. The highest BCUT2D eigenvalue weighted by Crippen LogP contribution is 2.35. The second-order valence-electron chi connectivity index (χ2n) is 6.62. The van der Waals surface area contributed by atoms with Gasteiger partial charge >= 0.3 is 0 Å². The molecule has 27 heavy (non-hydrogen) atoms. The van der Waals surface area contributed by atoms with Crippen LogP contribution in [-0.2, 0) is 4.79 Å². The van der Waals surface area contributed by atoms with Gasteiger partial charge in [0.1, 0.15) is 21.4 Å². The van der Waals surface area contributed by atoms with E-state index in [0.717, 1.165) is 38.8 Å². The Bertz CT molecular complexity index is 1020. The van der Waals surface area contributed by atoms with Crippen molar-refractivity contribution in [1.29, 1.82) is 0 Å². The summed E-state index contributed by atoms with van der Waals surface area (Å²) < 4.78 is 5.67. The third-order valence-electron chi connectivity index (χ3n) is 4.74. The highest BCUT2D eigenvalue weighted by Gasteiger charge is 2.23. The zero-order valence-electron chi connectivity index (χ0n) is 15.5. The Kier molecular flexibility index (Phi) is 5.06. The minimum atomic E-state index is 0.000308. The van der Waals surface area contributed by atoms with Gasteiger partial charge in [-0.15, -0.1) is 11.3 Å². The van der Waals surface area contributed by atoms with Gasteiger partial charge in [0, 0.05) is 22.2 Å². The zero-order chi connectivity index (χ0) is 19.0. The average Bonchev–Trinajstić information content (AvgIpc) is 2.94. The summed E-state index contributed by atoms with van der Waals surface area (Å²) in [6.07, 6.45) is 0.785. The van der Waals surface area contributed by atoms with Gasteiger partial charge in [-0.1, -0.05) is 30.0 Å². The molecule has 1 aliphatic rings. The second-order valence-corrected chi connectivity index (χ2v) is 8.79. The fourth-order valence-electron chi connectivity index (χ4n) is 3.28. The van der Waals surface area contributed by atoms with Gasteiger partial charge in [0.15, 0.2) is 0 Å². The van der Waals surface area contributed by atoms with Crippen LogP contribution >= 0.6 is 23.1 Å². The van der Waals surface area contributed by atoms with Gasteiger partial charge in [0.2, 0.25) is 5.91 Å². The Morgan fingerprint density at radius 3 is 2.96 bits per heavy atom. The number of rotatable bonds is 4. The molecule has 0 aliphatic carbocycles. The van der Waals surface area contributed by atoms with Crippen LogP contribution < -0.4 is 10.1 Å². The van der Waals surface area contributed by atoms with E-state index >= 15 is 0 Å². The molecular formula is C20H21N3O2S2. The molecule has 0 bridgehead atoms. The van der Waals surface area contributed by atoms with E-state index in [2.05, 4.69) is 29.1 Å². The van der Waals surface area contributed by atoms with Gasteiger partial charge in [-0.3, -0.25) is 4.79 Å². The van der Waals surface area contributed by atoms with E-state index in [9.17, 15) is 4.79 Å². The molecule has 7 heteroatoms. The fourth-order valence-corrected chi connectivity index (χ4v) is 5.36. The first-order valence-electron chi connectivity index (χ1n) is 8.91. The first kappa shape index (κ1) is 18.3. The summed E-state index contributed by atoms with van der Waals surface area (Å²) >= 11 is 3.17. The molecule has 0 radical (unpaired) electrons. The summed E-state index contributed by atoms with van der Waals surface area (Å²) in [7, 11) is 0. The van der Waals surface area contributed by atoms with Crippen LogP contribution in [0.4, 0.5) is 0 Å². The number of aryl methyl sites for hydroxylation is 3. The minimum Gasteiger partial charge on any atom is -0.493 e. The quantitative estimate of drug-likeness (QED) is 0.522. The predicted octanol–water partition coefficient (Wildman–Crippen LogP) is 4.35. The lowest BCUT2D eigenvalue weighted by atomic mass is 10.0. The number of carbonyl (C=O) groups is 1. The van der Waals surface area contributed by atoms with Gasteiger partial charge in [-0.25, -0.2) is 9.97 Å². The summed E-state index contributed by atoms with van der Waals surface area (Å²) in [5.41, 5.74) is 2.25. The van der Waals surface area contributed by atoms with Crippen LogP contribution in [0.1, 0.15) is 34.3 Å². The molecule has 1 aliphatic heterocycles. The maximum Gasteiger partial charge on any atom is 0.230 e. The van der Waals surface area contributed by atoms with Crippen molar-refractivity contribution in [3.05, 3.63) is 46.1 Å². The third kappa shape index (κ3) is 3.66. The van der Waals surface area contributed by atoms with E-state index in [-0.39, 0.29) is 11.9 Å². The largest absolute Gasteiger partial charge is 0.493 e. The van der Waals surface area contributed by atoms with Crippen LogP contribution in [-0.4, -0.2) is 28.2 Å². The molecule has 1 N–H and O–H groups in total. The lowest BCUT2D eigenvalue weighted by molar-refractivity contribution is -0.119. The molecule has 5 nitrogen and oxygen atoms in total. The lowest BCUT2D eigenvalue weighted by Gasteiger charge is -2.26. The molecule has 0 saturated heterocycles. The van der Waals surface area contributed by atoms with E-state index in [1.807, 2.05) is 31.2 Å². The van der Waals surface area contributed by atoms with E-state index in [0.29, 0.717) is 12.4 Å². The van der Waals surface area contributed by atoms with Crippen LogP contribution in [0.2, 0.25) is 0 Å². The molecular weight excluding hydrogens is 378 g/mol. The van der Waals surface area contributed by atoms with Gasteiger partial charge in [0.05, 0.1) is 18.4 Å². The maximum absolute atomic E-state index is 12.6. The topological polar surface area (TPSA) is 64.1 Å². The van der Waals surface area contributed by atoms with Gasteiger partial charge in [-0.05, 0) is 32.4 Å². The number of hydrogen-bond donors (Lipinski definition) is 1. The third-order valence-corrected chi connectivity index (χ3v) is 6.82. The minimum absolute atomic E-state index is 0.000308. The maximum atomic E-state index is 12.6. The SMILES string of the molecule is Cc1nc(SCC(=O)N[C@H]2CCOc3ccccc32)c2c(C)c(C)sc2n1. The first-order chi connectivity index (χ1) is 13.0. The highest BCUT2D eigenvalue weighted by molar-refractivity contribution is 8.00. The van der Waals surface area contributed by atoms with Crippen molar-refractivity contribution >= 4 is 39.2 Å². The summed E-state index contributed by atoms with van der Waals surface area (Å²) in [6.45, 7) is 6.71. The number of hydrogen-bond acceptors (Lipinski definition) is 6. The molecule has 0 saturated carbocycles. The van der Waals surface area contributed by atoms with Crippen molar-refractivity contribution in [1.82, 2.24) is 15.3 Å². The molecule has 3 aromatic rings. The van der Waals surface area contributed by atoms with Crippen molar-refractivity contribution in [3.8, 4) is 5.75 Å². The van der Waals surface area contributed by atoms with E-state index in [1.165, 1.54) is 22.2 Å². The molecule has 0 fully saturated rings. The summed E-state index contributed by atoms with van der Waals surface area (Å²) in [4.78, 5) is 24.0. The number of carbonyl (C=O) groups excluding carboxylic acids is 1. The molecule has 2 aromatic heterocycles. The number of aromatic nitrogens is 2.